The molecular weight excluding hydrogens is 596 g/mol. The van der Waals surface area contributed by atoms with Gasteiger partial charge in [0.1, 0.15) is 17.9 Å². The first-order valence-electron chi connectivity index (χ1n) is 17.3. The fourth-order valence-electron chi connectivity index (χ4n) is 5.84. The molecule has 1 saturated carbocycles. The SMILES string of the molecule is CCC(C)=C(C=N/C=C(\C)c1cc(C=NC)c(C=C2CCC2)c(Nc2ccc(C3CCN(CCC=O)CC3)c(C)c2)n1)OC.CN(C)C. The van der Waals surface area contributed by atoms with Crippen LogP contribution >= 0.6 is 0 Å². The van der Waals surface area contributed by atoms with E-state index in [4.69, 9.17) is 9.72 Å². The third-order valence-electron chi connectivity index (χ3n) is 8.86. The molecule has 1 aromatic heterocycles. The third-order valence-corrected chi connectivity index (χ3v) is 8.86. The Kier molecular flexibility index (Phi) is 15.9. The van der Waals surface area contributed by atoms with Crippen molar-refractivity contribution >= 4 is 41.9 Å². The number of aryl methyl sites for hydroxylation is 1. The zero-order valence-corrected chi connectivity index (χ0v) is 30.9. The van der Waals surface area contributed by atoms with Gasteiger partial charge in [0.2, 0.25) is 0 Å². The van der Waals surface area contributed by atoms with Gasteiger partial charge in [-0.15, -0.1) is 0 Å². The maximum absolute atomic E-state index is 10.8. The molecular formula is C40H58N6O2. The first kappa shape index (κ1) is 38.6. The maximum Gasteiger partial charge on any atom is 0.139 e. The van der Waals surface area contributed by atoms with Crippen molar-refractivity contribution < 1.29 is 9.53 Å². The predicted molar refractivity (Wildman–Crippen MR) is 205 cm³/mol. The number of allylic oxidation sites excluding steroid dienone is 4. The van der Waals surface area contributed by atoms with E-state index in [9.17, 15) is 4.79 Å². The minimum absolute atomic E-state index is 0.548. The highest BCUT2D eigenvalue weighted by molar-refractivity contribution is 5.91. The molecule has 0 radical (unpaired) electrons. The van der Waals surface area contributed by atoms with Crippen molar-refractivity contribution in [2.24, 2.45) is 9.98 Å². The molecule has 8 nitrogen and oxygen atoms in total. The standard InChI is InChI=1S/C37H49N5O2.C3H9N/c1-7-26(2)36(44-6)25-39-23-28(4)35-22-31(24-38-5)34(21-29-10-8-11-29)37(41-35)40-32-12-13-33(27(3)20-32)30-14-17-42(18-15-30)16-9-19-43;1-4(2)3/h12-13,19-25,30H,7-11,14-18H2,1-6H3,(H,40,41);1-3H3/b28-23+,36-26?,38-24?,39-25?;. The van der Waals surface area contributed by atoms with E-state index in [1.807, 2.05) is 52.4 Å². The highest BCUT2D eigenvalue weighted by Crippen LogP contribution is 2.35. The van der Waals surface area contributed by atoms with Crippen molar-refractivity contribution in [1.29, 1.82) is 0 Å². The van der Waals surface area contributed by atoms with E-state index < -0.39 is 0 Å². The normalized spacial score (nSPS) is 16.5. The average molecular weight is 655 g/mol. The van der Waals surface area contributed by atoms with Gasteiger partial charge in [0.15, 0.2) is 0 Å². The lowest BCUT2D eigenvalue weighted by Crippen LogP contribution is -2.34. The topological polar surface area (TPSA) is 82.4 Å². The number of rotatable bonds is 13. The number of carbonyl (C=O) groups is 1. The average Bonchev–Trinajstić information content (AvgIpc) is 3.04. The molecule has 0 bridgehead atoms. The number of carbonyl (C=O) groups excluding carboxylic acids is 1. The lowest BCUT2D eigenvalue weighted by atomic mass is 9.86. The summed E-state index contributed by atoms with van der Waals surface area (Å²) in [7, 11) is 9.49. The summed E-state index contributed by atoms with van der Waals surface area (Å²) in [4.78, 5) is 29.3. The van der Waals surface area contributed by atoms with E-state index in [1.54, 1.807) is 13.3 Å². The largest absolute Gasteiger partial charge is 0.495 e. The molecule has 260 valence electrons. The Labute approximate surface area is 289 Å². The summed E-state index contributed by atoms with van der Waals surface area (Å²) in [6.07, 6.45) is 16.1. The summed E-state index contributed by atoms with van der Waals surface area (Å²) >= 11 is 0. The van der Waals surface area contributed by atoms with Crippen LogP contribution in [0.4, 0.5) is 11.5 Å². The molecule has 48 heavy (non-hydrogen) atoms. The Morgan fingerprint density at radius 2 is 1.85 bits per heavy atom. The number of methoxy groups -OCH3 is 1. The van der Waals surface area contributed by atoms with E-state index >= 15 is 0 Å². The maximum atomic E-state index is 10.8. The van der Waals surface area contributed by atoms with Crippen LogP contribution < -0.4 is 5.32 Å². The van der Waals surface area contributed by atoms with Crippen LogP contribution in [0.3, 0.4) is 0 Å². The lowest BCUT2D eigenvalue weighted by Gasteiger charge is -2.32. The molecule has 1 aromatic carbocycles. The van der Waals surface area contributed by atoms with Crippen molar-refractivity contribution in [3.05, 3.63) is 75.3 Å². The molecule has 0 atom stereocenters. The number of piperidine rings is 1. The van der Waals surface area contributed by atoms with E-state index in [-0.39, 0.29) is 0 Å². The number of ether oxygens (including phenoxy) is 1. The highest BCUT2D eigenvalue weighted by Gasteiger charge is 2.22. The van der Waals surface area contributed by atoms with E-state index in [0.717, 1.165) is 103 Å². The number of nitrogens with zero attached hydrogens (tertiary/aromatic N) is 5. The first-order valence-corrected chi connectivity index (χ1v) is 17.3. The zero-order valence-electron chi connectivity index (χ0n) is 30.9. The Morgan fingerprint density at radius 3 is 2.42 bits per heavy atom. The molecule has 1 N–H and O–H groups in total. The summed E-state index contributed by atoms with van der Waals surface area (Å²) in [5.41, 5.74) is 10.2. The second-order valence-electron chi connectivity index (χ2n) is 13.3. The number of aromatic nitrogens is 1. The van der Waals surface area contributed by atoms with Crippen LogP contribution in [0.25, 0.3) is 11.6 Å². The van der Waals surface area contributed by atoms with Crippen molar-refractivity contribution in [2.45, 2.75) is 78.6 Å². The van der Waals surface area contributed by atoms with E-state index in [1.165, 1.54) is 23.1 Å². The Balaban J connectivity index is 0.00000148. The second-order valence-corrected chi connectivity index (χ2v) is 13.3. The molecule has 0 unspecified atom stereocenters. The fourth-order valence-corrected chi connectivity index (χ4v) is 5.84. The van der Waals surface area contributed by atoms with Crippen molar-refractivity contribution in [1.82, 2.24) is 14.8 Å². The number of hydrogen-bond donors (Lipinski definition) is 1. The minimum Gasteiger partial charge on any atom is -0.495 e. The summed E-state index contributed by atoms with van der Waals surface area (Å²) in [5, 5.41) is 3.68. The zero-order chi connectivity index (χ0) is 35.1. The first-order chi connectivity index (χ1) is 23.1. The number of aliphatic imine (C=N–C) groups is 2. The number of benzene rings is 1. The van der Waals surface area contributed by atoms with E-state index in [2.05, 4.69) is 71.3 Å². The third kappa shape index (κ3) is 11.7. The van der Waals surface area contributed by atoms with Gasteiger partial charge in [0, 0.05) is 49.2 Å². The number of anilines is 2. The summed E-state index contributed by atoms with van der Waals surface area (Å²) in [6.45, 7) is 11.4. The monoisotopic (exact) mass is 654 g/mol. The highest BCUT2D eigenvalue weighted by atomic mass is 16.5. The molecule has 4 rings (SSSR count). The minimum atomic E-state index is 0.548. The van der Waals surface area contributed by atoms with Gasteiger partial charge < -0.3 is 24.6 Å². The van der Waals surface area contributed by atoms with Crippen molar-refractivity contribution in [2.75, 3.05) is 60.3 Å². The van der Waals surface area contributed by atoms with Crippen molar-refractivity contribution in [3.63, 3.8) is 0 Å². The number of pyridine rings is 1. The Bertz CT molecular complexity index is 1500. The van der Waals surface area contributed by atoms with Crippen LogP contribution in [-0.4, -0.2) is 88.4 Å². The Morgan fingerprint density at radius 1 is 1.15 bits per heavy atom. The van der Waals surface area contributed by atoms with Crippen molar-refractivity contribution in [3.8, 4) is 0 Å². The van der Waals surface area contributed by atoms with E-state index in [0.29, 0.717) is 12.3 Å². The molecule has 2 heterocycles. The molecule has 1 aliphatic heterocycles. The summed E-state index contributed by atoms with van der Waals surface area (Å²) in [5.74, 6) is 2.16. The van der Waals surface area contributed by atoms with Crippen LogP contribution in [0.2, 0.25) is 0 Å². The molecule has 0 spiro atoms. The van der Waals surface area contributed by atoms with Crippen LogP contribution in [0, 0.1) is 6.92 Å². The van der Waals surface area contributed by atoms with Gasteiger partial charge in [-0.05, 0) is 140 Å². The molecule has 2 aromatic rings. The molecule has 2 aliphatic rings. The predicted octanol–water partition coefficient (Wildman–Crippen LogP) is 8.46. The van der Waals surface area contributed by atoms with Crippen LogP contribution in [-0.2, 0) is 9.53 Å². The van der Waals surface area contributed by atoms with Crippen LogP contribution in [0.1, 0.15) is 99.6 Å². The summed E-state index contributed by atoms with van der Waals surface area (Å²) < 4.78 is 5.51. The quantitative estimate of drug-likeness (QED) is 0.133. The van der Waals surface area contributed by atoms with Gasteiger partial charge in [-0.1, -0.05) is 24.6 Å². The molecule has 2 fully saturated rings. The van der Waals surface area contributed by atoms with Gasteiger partial charge in [-0.25, -0.2) is 4.98 Å². The van der Waals surface area contributed by atoms with Crippen LogP contribution in [0.5, 0.6) is 0 Å². The van der Waals surface area contributed by atoms with Gasteiger partial charge in [0.25, 0.3) is 0 Å². The fraction of sp³-hybridized carbons (Fsp3) is 0.500. The summed E-state index contributed by atoms with van der Waals surface area (Å²) in [6, 6.07) is 8.82. The number of nitrogens with one attached hydrogen (secondary N) is 1. The number of aldehydes is 1. The molecule has 1 saturated heterocycles. The number of likely N-dealkylation sites (tertiary alicyclic amines) is 1. The second kappa shape index (κ2) is 19.8. The molecule has 8 heteroatoms. The van der Waals surface area contributed by atoms with Gasteiger partial charge in [-0.2, -0.15) is 0 Å². The van der Waals surface area contributed by atoms with Crippen LogP contribution in [0.15, 0.2) is 57.4 Å². The molecule has 1 aliphatic carbocycles. The molecule has 0 amide bonds. The number of hydrogen-bond acceptors (Lipinski definition) is 8. The van der Waals surface area contributed by atoms with Gasteiger partial charge >= 0.3 is 0 Å². The smallest absolute Gasteiger partial charge is 0.139 e. The lowest BCUT2D eigenvalue weighted by molar-refractivity contribution is -0.108. The Hall–Kier alpha value is -3.88. The van der Waals surface area contributed by atoms with Gasteiger partial charge in [0.05, 0.1) is 19.0 Å². The van der Waals surface area contributed by atoms with Gasteiger partial charge in [-0.3, -0.25) is 9.98 Å².